The van der Waals surface area contributed by atoms with E-state index in [0.29, 0.717) is 10.7 Å². The lowest BCUT2D eigenvalue weighted by atomic mass is 9.92. The van der Waals surface area contributed by atoms with Crippen LogP contribution in [-0.4, -0.2) is 22.7 Å². The van der Waals surface area contributed by atoms with Gasteiger partial charge in [-0.15, -0.1) is 0 Å². The number of rotatable bonds is 1. The molecule has 0 bridgehead atoms. The molecule has 1 aromatic heterocycles. The summed E-state index contributed by atoms with van der Waals surface area (Å²) >= 11 is 6.14. The number of nitrogens with one attached hydrogen (secondary N) is 1. The Hall–Kier alpha value is -1.03. The first kappa shape index (κ1) is 12.0. The minimum absolute atomic E-state index is 0.166. The highest BCUT2D eigenvalue weighted by Gasteiger charge is 2.27. The van der Waals surface area contributed by atoms with E-state index in [9.17, 15) is 4.79 Å². The first-order valence-electron chi connectivity index (χ1n) is 4.74. The van der Waals surface area contributed by atoms with Crippen molar-refractivity contribution in [3.8, 4) is 0 Å². The smallest absolute Gasteiger partial charge is 0.270 e. The Kier molecular flexibility index (Phi) is 3.09. The zero-order valence-electron chi connectivity index (χ0n) is 9.68. The van der Waals surface area contributed by atoms with Crippen molar-refractivity contribution >= 4 is 17.5 Å². The molecule has 1 aromatic rings. The summed E-state index contributed by atoms with van der Waals surface area (Å²) in [5, 5.41) is 7.25. The van der Waals surface area contributed by atoms with E-state index in [4.69, 9.17) is 11.6 Å². The third kappa shape index (κ3) is 2.15. The molecule has 0 aliphatic carbocycles. The molecule has 84 valence electrons. The molecule has 4 nitrogen and oxygen atoms in total. The number of halogens is 1. The van der Waals surface area contributed by atoms with Gasteiger partial charge in [0.15, 0.2) is 0 Å². The second-order valence-corrected chi connectivity index (χ2v) is 4.84. The molecular weight excluding hydrogens is 214 g/mol. The predicted molar refractivity (Wildman–Crippen MR) is 60.3 cm³/mol. The maximum atomic E-state index is 11.5. The van der Waals surface area contributed by atoms with Gasteiger partial charge in [-0.25, -0.2) is 0 Å². The van der Waals surface area contributed by atoms with Crippen molar-refractivity contribution in [2.24, 2.45) is 7.05 Å². The SMILES string of the molecule is CNC(=O)c1c(Cl)c(C(C)(C)C)nn1C. The highest BCUT2D eigenvalue weighted by molar-refractivity contribution is 6.34. The van der Waals surface area contributed by atoms with Gasteiger partial charge in [-0.05, 0) is 0 Å². The van der Waals surface area contributed by atoms with Crippen LogP contribution < -0.4 is 5.32 Å². The number of nitrogens with zero attached hydrogens (tertiary/aromatic N) is 2. The predicted octanol–water partition coefficient (Wildman–Crippen LogP) is 1.73. The van der Waals surface area contributed by atoms with Crippen molar-refractivity contribution in [1.29, 1.82) is 0 Å². The summed E-state index contributed by atoms with van der Waals surface area (Å²) in [6.07, 6.45) is 0. The van der Waals surface area contributed by atoms with Crippen molar-refractivity contribution in [3.63, 3.8) is 0 Å². The lowest BCUT2D eigenvalue weighted by Gasteiger charge is -2.15. The number of hydrogen-bond acceptors (Lipinski definition) is 2. The molecular formula is C10H16ClN3O. The molecule has 1 heterocycles. The fourth-order valence-electron chi connectivity index (χ4n) is 1.34. The third-order valence-corrected chi connectivity index (χ3v) is 2.50. The second-order valence-electron chi connectivity index (χ2n) is 4.46. The third-order valence-electron chi connectivity index (χ3n) is 2.14. The molecule has 0 radical (unpaired) electrons. The van der Waals surface area contributed by atoms with E-state index in [-0.39, 0.29) is 11.3 Å². The van der Waals surface area contributed by atoms with Crippen LogP contribution in [0.1, 0.15) is 37.0 Å². The maximum Gasteiger partial charge on any atom is 0.270 e. The molecule has 1 amide bonds. The van der Waals surface area contributed by atoms with Crippen LogP contribution in [0.15, 0.2) is 0 Å². The molecule has 0 aliphatic heterocycles. The Morgan fingerprint density at radius 2 is 2.00 bits per heavy atom. The highest BCUT2D eigenvalue weighted by Crippen LogP contribution is 2.30. The molecule has 0 fully saturated rings. The Labute approximate surface area is 94.6 Å². The lowest BCUT2D eigenvalue weighted by Crippen LogP contribution is -2.21. The van der Waals surface area contributed by atoms with Gasteiger partial charge in [0.05, 0.1) is 10.7 Å². The van der Waals surface area contributed by atoms with E-state index in [1.807, 2.05) is 20.8 Å². The minimum Gasteiger partial charge on any atom is -0.354 e. The van der Waals surface area contributed by atoms with E-state index >= 15 is 0 Å². The van der Waals surface area contributed by atoms with Gasteiger partial charge in [0.1, 0.15) is 5.69 Å². The van der Waals surface area contributed by atoms with Gasteiger partial charge < -0.3 is 5.32 Å². The number of carbonyl (C=O) groups excluding carboxylic acids is 1. The van der Waals surface area contributed by atoms with Crippen molar-refractivity contribution in [3.05, 3.63) is 16.4 Å². The largest absolute Gasteiger partial charge is 0.354 e. The molecule has 5 heteroatoms. The zero-order valence-corrected chi connectivity index (χ0v) is 10.4. The number of hydrogen-bond donors (Lipinski definition) is 1. The van der Waals surface area contributed by atoms with Crippen LogP contribution in [0.25, 0.3) is 0 Å². The van der Waals surface area contributed by atoms with Crippen LogP contribution >= 0.6 is 11.6 Å². The van der Waals surface area contributed by atoms with E-state index in [1.165, 1.54) is 4.68 Å². The molecule has 0 spiro atoms. The van der Waals surface area contributed by atoms with Gasteiger partial charge in [0.25, 0.3) is 5.91 Å². The lowest BCUT2D eigenvalue weighted by molar-refractivity contribution is 0.0954. The van der Waals surface area contributed by atoms with Crippen LogP contribution in [0.5, 0.6) is 0 Å². The molecule has 1 N–H and O–H groups in total. The Morgan fingerprint density at radius 3 is 2.33 bits per heavy atom. The summed E-state index contributed by atoms with van der Waals surface area (Å²) in [6, 6.07) is 0. The van der Waals surface area contributed by atoms with Crippen molar-refractivity contribution in [2.75, 3.05) is 7.05 Å². The van der Waals surface area contributed by atoms with Crippen LogP contribution in [0.4, 0.5) is 0 Å². The molecule has 0 unspecified atom stereocenters. The van der Waals surface area contributed by atoms with E-state index in [1.54, 1.807) is 14.1 Å². The summed E-state index contributed by atoms with van der Waals surface area (Å²) in [7, 11) is 3.29. The first-order chi connectivity index (χ1) is 6.79. The number of aryl methyl sites for hydroxylation is 1. The molecule has 0 saturated carbocycles. The normalized spacial score (nSPS) is 11.6. The highest BCUT2D eigenvalue weighted by atomic mass is 35.5. The Bertz CT molecular complexity index is 390. The molecule has 0 saturated heterocycles. The average Bonchev–Trinajstić information content (AvgIpc) is 2.40. The van der Waals surface area contributed by atoms with Crippen LogP contribution in [0.2, 0.25) is 5.02 Å². The van der Waals surface area contributed by atoms with Gasteiger partial charge >= 0.3 is 0 Å². The van der Waals surface area contributed by atoms with E-state index in [2.05, 4.69) is 10.4 Å². The summed E-state index contributed by atoms with van der Waals surface area (Å²) in [5.41, 5.74) is 0.982. The zero-order chi connectivity index (χ0) is 11.8. The van der Waals surface area contributed by atoms with Crippen molar-refractivity contribution in [1.82, 2.24) is 15.1 Å². The molecule has 15 heavy (non-hydrogen) atoms. The Morgan fingerprint density at radius 1 is 1.47 bits per heavy atom. The number of amides is 1. The van der Waals surface area contributed by atoms with Crippen LogP contribution in [-0.2, 0) is 12.5 Å². The first-order valence-corrected chi connectivity index (χ1v) is 5.12. The summed E-state index contributed by atoms with van der Waals surface area (Å²) in [6.45, 7) is 6.03. The molecule has 0 atom stereocenters. The number of carbonyl (C=O) groups is 1. The van der Waals surface area contributed by atoms with Gasteiger partial charge in [0, 0.05) is 19.5 Å². The standard InChI is InChI=1S/C10H16ClN3O/c1-10(2,3)8-6(11)7(9(15)12-4)14(5)13-8/h1-5H3,(H,12,15). The summed E-state index contributed by atoms with van der Waals surface area (Å²) in [5.74, 6) is -0.217. The van der Waals surface area contributed by atoms with E-state index in [0.717, 1.165) is 5.69 Å². The van der Waals surface area contributed by atoms with Crippen LogP contribution in [0.3, 0.4) is 0 Å². The summed E-state index contributed by atoms with van der Waals surface area (Å²) in [4.78, 5) is 11.5. The number of aromatic nitrogens is 2. The van der Waals surface area contributed by atoms with Gasteiger partial charge in [-0.3, -0.25) is 9.48 Å². The quantitative estimate of drug-likeness (QED) is 0.797. The van der Waals surface area contributed by atoms with Gasteiger partial charge in [0.2, 0.25) is 0 Å². The van der Waals surface area contributed by atoms with Crippen molar-refractivity contribution in [2.45, 2.75) is 26.2 Å². The minimum atomic E-state index is -0.217. The topological polar surface area (TPSA) is 46.9 Å². The fraction of sp³-hybridized carbons (Fsp3) is 0.600. The fourth-order valence-corrected chi connectivity index (χ4v) is 1.87. The Balaban J connectivity index is 3.33. The van der Waals surface area contributed by atoms with E-state index < -0.39 is 0 Å². The van der Waals surface area contributed by atoms with Gasteiger partial charge in [-0.2, -0.15) is 5.10 Å². The summed E-state index contributed by atoms with van der Waals surface area (Å²) < 4.78 is 1.52. The molecule has 0 aliphatic rings. The van der Waals surface area contributed by atoms with Crippen molar-refractivity contribution < 1.29 is 4.79 Å². The second kappa shape index (κ2) is 3.85. The monoisotopic (exact) mass is 229 g/mol. The average molecular weight is 230 g/mol. The maximum absolute atomic E-state index is 11.5. The van der Waals surface area contributed by atoms with Gasteiger partial charge in [-0.1, -0.05) is 32.4 Å². The van der Waals surface area contributed by atoms with Crippen LogP contribution in [0, 0.1) is 0 Å². The molecule has 1 rings (SSSR count). The molecule has 0 aromatic carbocycles.